The first-order valence-electron chi connectivity index (χ1n) is 11.5. The number of pyridine rings is 2. The molecule has 0 radical (unpaired) electrons. The lowest BCUT2D eigenvalue weighted by molar-refractivity contribution is -0.698. The zero-order valence-corrected chi connectivity index (χ0v) is 20.5. The van der Waals surface area contributed by atoms with Crippen molar-refractivity contribution in [1.29, 1.82) is 0 Å². The van der Waals surface area contributed by atoms with Gasteiger partial charge in [-0.05, 0) is 24.3 Å². The van der Waals surface area contributed by atoms with Gasteiger partial charge >= 0.3 is 6.18 Å². The van der Waals surface area contributed by atoms with Crippen LogP contribution in [-0.4, -0.2) is 54.7 Å². The molecule has 0 saturated heterocycles. The maximum Gasteiger partial charge on any atom is 0.422 e. The van der Waals surface area contributed by atoms with E-state index in [1.807, 2.05) is 0 Å². The number of imidazole rings is 1. The molecule has 0 saturated carbocycles. The van der Waals surface area contributed by atoms with Gasteiger partial charge in [-0.25, -0.2) is 4.98 Å². The van der Waals surface area contributed by atoms with E-state index in [9.17, 15) is 27.9 Å². The maximum atomic E-state index is 12.7. The number of hydrogen-bond acceptors (Lipinski definition) is 6. The summed E-state index contributed by atoms with van der Waals surface area (Å²) in [6, 6.07) is 12.7. The Morgan fingerprint density at radius 1 is 1.16 bits per heavy atom. The summed E-state index contributed by atoms with van der Waals surface area (Å²) in [4.78, 5) is 30.3. The first kappa shape index (κ1) is 26.5. The van der Waals surface area contributed by atoms with Crippen LogP contribution in [0.1, 0.15) is 20.8 Å². The lowest BCUT2D eigenvalue weighted by Crippen LogP contribution is -2.47. The summed E-state index contributed by atoms with van der Waals surface area (Å²) < 4.78 is 46.1. The van der Waals surface area contributed by atoms with Crippen LogP contribution in [0.4, 0.5) is 18.9 Å². The van der Waals surface area contributed by atoms with E-state index in [2.05, 4.69) is 10.3 Å². The summed E-state index contributed by atoms with van der Waals surface area (Å²) >= 11 is 0. The van der Waals surface area contributed by atoms with E-state index < -0.39 is 24.7 Å². The fraction of sp³-hybridized carbons (Fsp3) is 0.231. The van der Waals surface area contributed by atoms with Gasteiger partial charge in [0, 0.05) is 49.2 Å². The highest BCUT2D eigenvalue weighted by atomic mass is 19.4. The average molecular weight is 528 g/mol. The molecule has 0 aliphatic carbocycles. The number of alkyl halides is 3. The van der Waals surface area contributed by atoms with Crippen molar-refractivity contribution < 1.29 is 37.2 Å². The Balaban J connectivity index is 1.47. The first-order chi connectivity index (χ1) is 18.0. The number of rotatable bonds is 9. The van der Waals surface area contributed by atoms with Gasteiger partial charge in [-0.15, -0.1) is 0 Å². The molecule has 1 N–H and O–H groups in total. The van der Waals surface area contributed by atoms with Crippen LogP contribution < -0.4 is 24.6 Å². The fourth-order valence-electron chi connectivity index (χ4n) is 3.84. The molecule has 12 heteroatoms. The number of nitrogens with one attached hydrogen (secondary N) is 1. The molecule has 0 bridgehead atoms. The number of para-hydroxylation sites is 1. The van der Waals surface area contributed by atoms with Gasteiger partial charge in [0.05, 0.1) is 18.4 Å². The van der Waals surface area contributed by atoms with Crippen molar-refractivity contribution in [2.24, 2.45) is 0 Å². The molecule has 0 spiro atoms. The SMILES string of the molecule is CN(C)c1cc[n+](CCNC(=O)c2ccn3c(-c4ccccc4OCC(F)(F)F)cnc3c2)c(C(=O)[O-])c1. The van der Waals surface area contributed by atoms with Gasteiger partial charge in [-0.1, -0.05) is 12.1 Å². The monoisotopic (exact) mass is 527 g/mol. The second-order valence-electron chi connectivity index (χ2n) is 8.59. The minimum atomic E-state index is -4.48. The molecule has 3 aromatic heterocycles. The molecule has 198 valence electrons. The molecule has 38 heavy (non-hydrogen) atoms. The number of hydrogen-bond donors (Lipinski definition) is 1. The van der Waals surface area contributed by atoms with Crippen LogP contribution in [-0.2, 0) is 6.54 Å². The first-order valence-corrected chi connectivity index (χ1v) is 11.5. The fourth-order valence-corrected chi connectivity index (χ4v) is 3.84. The summed E-state index contributed by atoms with van der Waals surface area (Å²) in [6.07, 6.45) is 0.217. The number of halogens is 3. The van der Waals surface area contributed by atoms with Gasteiger partial charge in [0.25, 0.3) is 5.91 Å². The number of amides is 1. The van der Waals surface area contributed by atoms with E-state index in [0.717, 1.165) is 0 Å². The molecule has 0 aliphatic rings. The van der Waals surface area contributed by atoms with Crippen LogP contribution in [0.3, 0.4) is 0 Å². The molecule has 9 nitrogen and oxygen atoms in total. The number of anilines is 1. The zero-order valence-electron chi connectivity index (χ0n) is 20.5. The highest BCUT2D eigenvalue weighted by Crippen LogP contribution is 2.31. The minimum absolute atomic E-state index is 0.0173. The number of aromatic nitrogens is 3. The van der Waals surface area contributed by atoms with Gasteiger partial charge in [0.2, 0.25) is 5.69 Å². The second kappa shape index (κ2) is 10.8. The molecule has 4 aromatic rings. The minimum Gasteiger partial charge on any atom is -0.539 e. The van der Waals surface area contributed by atoms with Gasteiger partial charge in [-0.3, -0.25) is 9.20 Å². The number of ether oxygens (including phenoxy) is 1. The molecule has 0 atom stereocenters. The third-order valence-electron chi connectivity index (χ3n) is 5.71. The van der Waals surface area contributed by atoms with E-state index in [1.165, 1.54) is 22.9 Å². The van der Waals surface area contributed by atoms with Crippen molar-refractivity contribution in [2.45, 2.75) is 12.7 Å². The molecule has 3 heterocycles. The predicted octanol–water partition coefficient (Wildman–Crippen LogP) is 2.09. The number of carbonyl (C=O) groups is 2. The van der Waals surface area contributed by atoms with E-state index in [1.54, 1.807) is 72.2 Å². The number of carboxylic acid groups (broad SMARTS) is 1. The molecule has 0 unspecified atom stereocenters. The van der Waals surface area contributed by atoms with Crippen molar-refractivity contribution in [3.63, 3.8) is 0 Å². The summed E-state index contributed by atoms with van der Waals surface area (Å²) in [5, 5.41) is 14.3. The summed E-state index contributed by atoms with van der Waals surface area (Å²) in [5.41, 5.74) is 2.32. The second-order valence-corrected chi connectivity index (χ2v) is 8.59. The number of fused-ring (bicyclic) bond motifs is 1. The van der Waals surface area contributed by atoms with Crippen LogP contribution >= 0.6 is 0 Å². The smallest absolute Gasteiger partial charge is 0.422 e. The van der Waals surface area contributed by atoms with Crippen LogP contribution in [0.5, 0.6) is 5.75 Å². The topological polar surface area (TPSA) is 103 Å². The molecular weight excluding hydrogens is 503 g/mol. The average Bonchev–Trinajstić information content (AvgIpc) is 3.30. The third-order valence-corrected chi connectivity index (χ3v) is 5.71. The lowest BCUT2D eigenvalue weighted by Gasteiger charge is -2.14. The molecule has 1 amide bonds. The lowest BCUT2D eigenvalue weighted by atomic mass is 10.1. The van der Waals surface area contributed by atoms with Crippen molar-refractivity contribution >= 4 is 23.2 Å². The Labute approximate surface area is 215 Å². The van der Waals surface area contributed by atoms with Crippen LogP contribution in [0.25, 0.3) is 16.9 Å². The van der Waals surface area contributed by atoms with Gasteiger partial charge in [0.1, 0.15) is 17.4 Å². The highest BCUT2D eigenvalue weighted by molar-refractivity contribution is 5.95. The Hall–Kier alpha value is -4.61. The largest absolute Gasteiger partial charge is 0.539 e. The number of benzene rings is 1. The zero-order chi connectivity index (χ0) is 27.4. The normalized spacial score (nSPS) is 11.4. The number of nitrogens with zero attached hydrogens (tertiary/aromatic N) is 4. The Morgan fingerprint density at radius 3 is 2.63 bits per heavy atom. The number of aromatic carboxylic acids is 1. The van der Waals surface area contributed by atoms with E-state index >= 15 is 0 Å². The van der Waals surface area contributed by atoms with Crippen LogP contribution in [0.15, 0.2) is 67.1 Å². The molecular formula is C26H24F3N5O4. The van der Waals surface area contributed by atoms with Crippen molar-refractivity contribution in [1.82, 2.24) is 14.7 Å². The summed E-state index contributed by atoms with van der Waals surface area (Å²) in [5.74, 6) is -1.67. The van der Waals surface area contributed by atoms with Crippen LogP contribution in [0, 0.1) is 0 Å². The predicted molar refractivity (Wildman–Crippen MR) is 130 cm³/mol. The van der Waals surface area contributed by atoms with E-state index in [0.29, 0.717) is 28.2 Å². The van der Waals surface area contributed by atoms with Crippen molar-refractivity contribution in [3.05, 3.63) is 78.4 Å². The van der Waals surface area contributed by atoms with Gasteiger partial charge in [0.15, 0.2) is 19.3 Å². The quantitative estimate of drug-likeness (QED) is 0.335. The third kappa shape index (κ3) is 6.02. The number of carboxylic acids is 1. The Bertz CT molecular complexity index is 1480. The van der Waals surface area contributed by atoms with E-state index in [-0.39, 0.29) is 24.5 Å². The Kier molecular flexibility index (Phi) is 7.51. The van der Waals surface area contributed by atoms with E-state index in [4.69, 9.17) is 4.74 Å². The Morgan fingerprint density at radius 2 is 1.92 bits per heavy atom. The van der Waals surface area contributed by atoms with Crippen molar-refractivity contribution in [3.8, 4) is 17.0 Å². The summed E-state index contributed by atoms with van der Waals surface area (Å²) in [7, 11) is 3.58. The van der Waals surface area contributed by atoms with Gasteiger partial charge < -0.3 is 24.9 Å². The highest BCUT2D eigenvalue weighted by Gasteiger charge is 2.29. The molecule has 0 fully saturated rings. The summed E-state index contributed by atoms with van der Waals surface area (Å²) in [6.45, 7) is -1.07. The molecule has 1 aromatic carbocycles. The van der Waals surface area contributed by atoms with Crippen molar-refractivity contribution in [2.75, 3.05) is 32.1 Å². The standard InChI is InChI=1S/C26H24F3N5O4/c1-32(2)18-8-10-33(20(14-18)25(36)37)12-9-30-24(35)17-7-11-34-21(15-31-23(34)13-17)19-5-3-4-6-22(19)38-16-26(27,28)29/h3-8,10-11,13-15H,9,12,16H2,1-2H3,(H-,30,35,36,37). The maximum absolute atomic E-state index is 12.7. The molecule has 4 rings (SSSR count). The molecule has 0 aliphatic heterocycles. The number of carbonyl (C=O) groups excluding carboxylic acids is 2. The van der Waals surface area contributed by atoms with Gasteiger partial charge in [-0.2, -0.15) is 17.7 Å². The van der Waals surface area contributed by atoms with Crippen LogP contribution in [0.2, 0.25) is 0 Å².